The first-order valence-electron chi connectivity index (χ1n) is 11.6. The van der Waals surface area contributed by atoms with Crippen LogP contribution in [0.25, 0.3) is 0 Å². The molecule has 0 fully saturated rings. The van der Waals surface area contributed by atoms with E-state index in [1.54, 1.807) is 0 Å². The van der Waals surface area contributed by atoms with Crippen LogP contribution in [-0.4, -0.2) is 29.9 Å². The molecule has 0 radical (unpaired) electrons. The van der Waals surface area contributed by atoms with Crippen molar-refractivity contribution < 1.29 is 47.6 Å². The fraction of sp³-hybridized carbons (Fsp3) is 1.00. The van der Waals surface area contributed by atoms with Gasteiger partial charge >= 0.3 is 29.6 Å². The maximum absolute atomic E-state index is 11.5. The maximum Gasteiger partial charge on any atom is 1.00 e. The Labute approximate surface area is 197 Å². The Balaban J connectivity index is 0. The summed E-state index contributed by atoms with van der Waals surface area (Å²) in [7, 11) is -4.15. The average Bonchev–Trinajstić information content (AvgIpc) is 2.62. The van der Waals surface area contributed by atoms with E-state index in [1.807, 2.05) is 0 Å². The molecule has 1 unspecified atom stereocenters. The number of aliphatic hydroxyl groups excluding tert-OH is 1. The minimum atomic E-state index is -4.15. The van der Waals surface area contributed by atoms with E-state index in [0.29, 0.717) is 12.8 Å². The molecule has 0 saturated heterocycles. The van der Waals surface area contributed by atoms with Gasteiger partial charge in [-0.25, -0.2) is 8.42 Å². The summed E-state index contributed by atoms with van der Waals surface area (Å²) in [6.07, 6.45) is 20.4. The van der Waals surface area contributed by atoms with Gasteiger partial charge in [-0.3, -0.25) is 0 Å². The summed E-state index contributed by atoms with van der Waals surface area (Å²) in [5, 5.41) is 8.05. The second-order valence-electron chi connectivity index (χ2n) is 8.07. The molecule has 0 aliphatic rings. The standard InChI is InChI=1S/C22H46O4S.Na/c1-2-3-4-5-6-7-10-13-16-19-22(27(24,25)26)20-17-14-11-8-9-12-15-18-21-23;/h22-23H,2-21H2,1H3,(H,24,25,26);/q;+1/p-1. The zero-order chi connectivity index (χ0) is 20.2. The number of hydrogen-bond acceptors (Lipinski definition) is 4. The van der Waals surface area contributed by atoms with E-state index in [9.17, 15) is 13.0 Å². The summed E-state index contributed by atoms with van der Waals surface area (Å²) in [4.78, 5) is 0. The molecule has 0 bridgehead atoms. The van der Waals surface area contributed by atoms with Gasteiger partial charge in [0, 0.05) is 11.9 Å². The van der Waals surface area contributed by atoms with Gasteiger partial charge in [0.05, 0.1) is 10.1 Å². The third kappa shape index (κ3) is 21.6. The van der Waals surface area contributed by atoms with Gasteiger partial charge in [-0.1, -0.05) is 110 Å². The predicted molar refractivity (Wildman–Crippen MR) is 114 cm³/mol. The van der Waals surface area contributed by atoms with Gasteiger partial charge in [0.2, 0.25) is 0 Å². The van der Waals surface area contributed by atoms with E-state index >= 15 is 0 Å². The Morgan fingerprint density at radius 2 is 0.964 bits per heavy atom. The van der Waals surface area contributed by atoms with Crippen molar-refractivity contribution in [2.75, 3.05) is 6.61 Å². The topological polar surface area (TPSA) is 77.4 Å². The predicted octanol–water partition coefficient (Wildman–Crippen LogP) is 3.33. The van der Waals surface area contributed by atoms with Crippen LogP contribution in [0.2, 0.25) is 0 Å². The maximum atomic E-state index is 11.5. The van der Waals surface area contributed by atoms with Gasteiger partial charge in [-0.2, -0.15) is 0 Å². The van der Waals surface area contributed by atoms with E-state index in [1.165, 1.54) is 51.4 Å². The van der Waals surface area contributed by atoms with Gasteiger partial charge in [0.1, 0.15) is 0 Å². The minimum absolute atomic E-state index is 0. The number of rotatable bonds is 21. The van der Waals surface area contributed by atoms with Crippen LogP contribution in [0.4, 0.5) is 0 Å². The molecule has 0 aromatic rings. The third-order valence-corrected chi connectivity index (χ3v) is 6.76. The Hall–Kier alpha value is 0.870. The fourth-order valence-corrected chi connectivity index (χ4v) is 4.57. The van der Waals surface area contributed by atoms with Crippen molar-refractivity contribution >= 4 is 10.1 Å². The summed E-state index contributed by atoms with van der Waals surface area (Å²) in [6.45, 7) is 2.51. The molecule has 28 heavy (non-hydrogen) atoms. The molecule has 0 amide bonds. The molecule has 6 heteroatoms. The molecule has 0 heterocycles. The van der Waals surface area contributed by atoms with E-state index in [0.717, 1.165) is 57.8 Å². The number of aliphatic hydroxyl groups is 1. The van der Waals surface area contributed by atoms with Crippen molar-refractivity contribution in [3.8, 4) is 0 Å². The van der Waals surface area contributed by atoms with Crippen molar-refractivity contribution in [1.82, 2.24) is 0 Å². The van der Waals surface area contributed by atoms with Crippen LogP contribution in [0.1, 0.15) is 129 Å². The van der Waals surface area contributed by atoms with Crippen molar-refractivity contribution in [1.29, 1.82) is 0 Å². The van der Waals surface area contributed by atoms with Crippen LogP contribution < -0.4 is 29.6 Å². The Morgan fingerprint density at radius 3 is 1.29 bits per heavy atom. The van der Waals surface area contributed by atoms with E-state index in [2.05, 4.69) is 6.92 Å². The normalized spacial score (nSPS) is 12.7. The third-order valence-electron chi connectivity index (χ3n) is 5.47. The zero-order valence-electron chi connectivity index (χ0n) is 18.8. The first-order valence-corrected chi connectivity index (χ1v) is 13.0. The molecule has 0 aromatic heterocycles. The Bertz CT molecular complexity index is 379. The van der Waals surface area contributed by atoms with Gasteiger partial charge in [0.15, 0.2) is 0 Å². The summed E-state index contributed by atoms with van der Waals surface area (Å²) in [5.41, 5.74) is 0. The zero-order valence-corrected chi connectivity index (χ0v) is 21.6. The van der Waals surface area contributed by atoms with Crippen LogP contribution in [0.3, 0.4) is 0 Å². The van der Waals surface area contributed by atoms with Gasteiger partial charge in [0.25, 0.3) is 0 Å². The van der Waals surface area contributed by atoms with Gasteiger partial charge in [-0.15, -0.1) is 0 Å². The largest absolute Gasteiger partial charge is 1.00 e. The molecule has 0 rings (SSSR count). The molecule has 0 aliphatic heterocycles. The first kappa shape index (κ1) is 31.1. The average molecular weight is 429 g/mol. The molecule has 1 atom stereocenters. The smallest absolute Gasteiger partial charge is 0.748 e. The first-order chi connectivity index (χ1) is 13.0. The van der Waals surface area contributed by atoms with Crippen molar-refractivity contribution in [3.63, 3.8) is 0 Å². The molecular formula is C22H45NaO4S. The summed E-state index contributed by atoms with van der Waals surface area (Å²) in [6, 6.07) is 0. The molecule has 0 aromatic carbocycles. The van der Waals surface area contributed by atoms with Crippen LogP contribution in [0, 0.1) is 0 Å². The molecule has 0 spiro atoms. The van der Waals surface area contributed by atoms with Crippen molar-refractivity contribution in [3.05, 3.63) is 0 Å². The summed E-state index contributed by atoms with van der Waals surface area (Å²) < 4.78 is 34.5. The van der Waals surface area contributed by atoms with Crippen LogP contribution in [0.15, 0.2) is 0 Å². The minimum Gasteiger partial charge on any atom is -0.748 e. The fourth-order valence-electron chi connectivity index (χ4n) is 3.66. The molecule has 1 N–H and O–H groups in total. The summed E-state index contributed by atoms with van der Waals surface area (Å²) in [5.74, 6) is 0. The monoisotopic (exact) mass is 428 g/mol. The molecular weight excluding hydrogens is 383 g/mol. The van der Waals surface area contributed by atoms with Crippen molar-refractivity contribution in [2.24, 2.45) is 0 Å². The second kappa shape index (κ2) is 22.6. The van der Waals surface area contributed by atoms with Crippen molar-refractivity contribution in [2.45, 2.75) is 134 Å². The van der Waals surface area contributed by atoms with E-state index in [-0.39, 0.29) is 36.2 Å². The van der Waals surface area contributed by atoms with E-state index in [4.69, 9.17) is 5.11 Å². The number of hydrogen-bond donors (Lipinski definition) is 1. The SMILES string of the molecule is CCCCCCCCCCCC(CCCCCCCCCCO)S(=O)(=O)[O-].[Na+]. The molecule has 0 saturated carbocycles. The molecule has 164 valence electrons. The second-order valence-corrected chi connectivity index (χ2v) is 9.72. The van der Waals surface area contributed by atoms with E-state index < -0.39 is 15.4 Å². The van der Waals surface area contributed by atoms with Crippen LogP contribution >= 0.6 is 0 Å². The molecule has 4 nitrogen and oxygen atoms in total. The number of unbranched alkanes of at least 4 members (excludes halogenated alkanes) is 15. The van der Waals surface area contributed by atoms with Gasteiger partial charge in [-0.05, 0) is 19.3 Å². The van der Waals surface area contributed by atoms with Gasteiger partial charge < -0.3 is 9.66 Å². The summed E-state index contributed by atoms with van der Waals surface area (Å²) >= 11 is 0. The van der Waals surface area contributed by atoms with Crippen LogP contribution in [0.5, 0.6) is 0 Å². The Kier molecular flexibility index (Phi) is 25.0. The quantitative estimate of drug-likeness (QED) is 0.173. The van der Waals surface area contributed by atoms with Crippen LogP contribution in [-0.2, 0) is 10.1 Å². The Morgan fingerprint density at radius 1 is 0.643 bits per heavy atom. The molecule has 0 aliphatic carbocycles.